The first-order valence-corrected chi connectivity index (χ1v) is 14.0. The van der Waals surface area contributed by atoms with E-state index in [1.807, 2.05) is 13.3 Å². The number of aromatic nitrogens is 3. The molecule has 2 aromatic carbocycles. The molecule has 4 heterocycles. The van der Waals surface area contributed by atoms with E-state index in [2.05, 4.69) is 68.1 Å². The van der Waals surface area contributed by atoms with Crippen LogP contribution in [-0.4, -0.2) is 65.0 Å². The Bertz CT molecular complexity index is 1560. The maximum atomic E-state index is 6.38. The van der Waals surface area contributed by atoms with Gasteiger partial charge in [-0.2, -0.15) is 0 Å². The van der Waals surface area contributed by atoms with Crippen molar-refractivity contribution in [3.8, 4) is 11.4 Å². The van der Waals surface area contributed by atoms with E-state index in [0.29, 0.717) is 12.5 Å². The maximum Gasteiger partial charge on any atom is 0.147 e. The Hall–Kier alpha value is -3.33. The molecular formula is C31H36Cl2N6O2. The third-order valence-corrected chi connectivity index (χ3v) is 8.21. The number of hydrogen-bond donors (Lipinski definition) is 0. The van der Waals surface area contributed by atoms with Crippen LogP contribution in [0.3, 0.4) is 0 Å². The summed E-state index contributed by atoms with van der Waals surface area (Å²) >= 11 is 0. The largest absolute Gasteiger partial charge is 0.485 e. The zero-order valence-corrected chi connectivity index (χ0v) is 25.1. The van der Waals surface area contributed by atoms with Crippen LogP contribution < -0.4 is 9.64 Å². The molecule has 3 aliphatic rings. The van der Waals surface area contributed by atoms with E-state index in [0.717, 1.165) is 91.7 Å². The van der Waals surface area contributed by atoms with Crippen LogP contribution in [0.4, 0.5) is 5.69 Å². The number of ether oxygens (including phenoxy) is 1. The molecule has 0 bridgehead atoms. The van der Waals surface area contributed by atoms with Gasteiger partial charge < -0.3 is 14.5 Å². The first-order valence-electron chi connectivity index (χ1n) is 14.0. The fourth-order valence-corrected chi connectivity index (χ4v) is 5.97. The van der Waals surface area contributed by atoms with Crippen LogP contribution in [-0.2, 0) is 17.9 Å². The van der Waals surface area contributed by atoms with Crippen molar-refractivity contribution in [3.05, 3.63) is 77.5 Å². The van der Waals surface area contributed by atoms with E-state index in [4.69, 9.17) is 19.5 Å². The maximum absolute atomic E-state index is 6.38. The highest BCUT2D eigenvalue weighted by Crippen LogP contribution is 2.38. The Balaban J connectivity index is 0.00000169. The molecule has 0 amide bonds. The number of para-hydroxylation sites is 1. The van der Waals surface area contributed by atoms with Crippen molar-refractivity contribution in [2.24, 2.45) is 11.1 Å². The van der Waals surface area contributed by atoms with E-state index in [9.17, 15) is 0 Å². The lowest BCUT2D eigenvalue weighted by Crippen LogP contribution is -2.47. The van der Waals surface area contributed by atoms with Gasteiger partial charge in [-0.1, -0.05) is 23.4 Å². The third kappa shape index (κ3) is 5.61. The van der Waals surface area contributed by atoms with E-state index in [-0.39, 0.29) is 24.8 Å². The van der Waals surface area contributed by atoms with Crippen LogP contribution in [0.25, 0.3) is 16.6 Å². The number of halogens is 2. The molecule has 0 N–H and O–H groups in total. The van der Waals surface area contributed by atoms with Gasteiger partial charge in [0.25, 0.3) is 0 Å². The van der Waals surface area contributed by atoms with Gasteiger partial charge in [0.05, 0.1) is 16.9 Å². The second-order valence-corrected chi connectivity index (χ2v) is 10.8. The monoisotopic (exact) mass is 594 g/mol. The fraction of sp³-hybridized carbons (Fsp3) is 0.387. The summed E-state index contributed by atoms with van der Waals surface area (Å²) in [5, 5.41) is 5.55. The number of aryl methyl sites for hydroxylation is 1. The smallest absolute Gasteiger partial charge is 0.147 e. The molecule has 0 radical (unpaired) electrons. The summed E-state index contributed by atoms with van der Waals surface area (Å²) in [6, 6.07) is 17.2. The number of imidazole rings is 1. The third-order valence-electron chi connectivity index (χ3n) is 8.21. The van der Waals surface area contributed by atoms with E-state index < -0.39 is 0 Å². The molecule has 2 aromatic heterocycles. The first-order chi connectivity index (χ1) is 19.2. The summed E-state index contributed by atoms with van der Waals surface area (Å²) in [6.45, 7) is 7.68. The van der Waals surface area contributed by atoms with Gasteiger partial charge in [0.2, 0.25) is 0 Å². The number of anilines is 1. The lowest BCUT2D eigenvalue weighted by Gasteiger charge is -2.36. The van der Waals surface area contributed by atoms with Crippen molar-refractivity contribution in [2.45, 2.75) is 32.8 Å². The van der Waals surface area contributed by atoms with Crippen molar-refractivity contribution < 1.29 is 9.57 Å². The Morgan fingerprint density at radius 1 is 1.00 bits per heavy atom. The summed E-state index contributed by atoms with van der Waals surface area (Å²) in [7, 11) is 1.60. The second-order valence-electron chi connectivity index (χ2n) is 10.8. The van der Waals surface area contributed by atoms with Crippen molar-refractivity contribution in [3.63, 3.8) is 0 Å². The molecule has 10 heteroatoms. The molecule has 7 rings (SSSR count). The molecule has 1 saturated carbocycles. The van der Waals surface area contributed by atoms with Gasteiger partial charge in [0.1, 0.15) is 37.2 Å². The average molecular weight is 596 g/mol. The van der Waals surface area contributed by atoms with E-state index in [1.54, 1.807) is 7.11 Å². The highest BCUT2D eigenvalue weighted by molar-refractivity contribution is 6.03. The molecule has 1 aliphatic carbocycles. The molecule has 0 spiro atoms. The quantitative estimate of drug-likeness (QED) is 0.205. The molecule has 1 saturated heterocycles. The zero-order chi connectivity index (χ0) is 26.3. The number of oxime groups is 1. The van der Waals surface area contributed by atoms with Gasteiger partial charge >= 0.3 is 0 Å². The lowest BCUT2D eigenvalue weighted by atomic mass is 10.1. The summed E-state index contributed by atoms with van der Waals surface area (Å²) in [5.74, 6) is 1.42. The molecule has 216 valence electrons. The molecule has 41 heavy (non-hydrogen) atoms. The second kappa shape index (κ2) is 12.3. The number of pyridine rings is 1. The van der Waals surface area contributed by atoms with E-state index in [1.165, 1.54) is 16.6 Å². The summed E-state index contributed by atoms with van der Waals surface area (Å²) in [4.78, 5) is 19.7. The zero-order valence-electron chi connectivity index (χ0n) is 23.5. The van der Waals surface area contributed by atoms with Gasteiger partial charge in [-0.15, -0.1) is 24.8 Å². The highest BCUT2D eigenvalue weighted by Gasteiger charge is 2.34. The minimum Gasteiger partial charge on any atom is -0.485 e. The molecular weight excluding hydrogens is 559 g/mol. The number of benzene rings is 2. The Labute approximate surface area is 253 Å². The molecule has 0 unspecified atom stereocenters. The van der Waals surface area contributed by atoms with Crippen molar-refractivity contribution in [2.75, 3.05) is 44.7 Å². The van der Waals surface area contributed by atoms with Gasteiger partial charge in [-0.25, -0.2) is 4.98 Å². The summed E-state index contributed by atoms with van der Waals surface area (Å²) in [6.07, 6.45) is 5.15. The van der Waals surface area contributed by atoms with Crippen LogP contribution in [0.5, 0.6) is 5.75 Å². The van der Waals surface area contributed by atoms with Gasteiger partial charge in [-0.05, 0) is 62.1 Å². The standard InChI is InChI=1S/C31H34N6O2.2ClH/c1-21-9-12-24-25(33-21)6-4-7-26(24)36-17-15-35(16-18-36)14-13-23-5-3-8-27-31(23)39-19-28-30(32-20-37(27)28)29(34-38-2)22-10-11-22;;/h3-9,12,20,22H,10-11,13-19H2,1-2H3;2*1H. The van der Waals surface area contributed by atoms with Gasteiger partial charge in [0, 0.05) is 55.4 Å². The first kappa shape index (κ1) is 29.2. The molecule has 0 atom stereocenters. The number of nitrogens with zero attached hydrogens (tertiary/aromatic N) is 6. The van der Waals surface area contributed by atoms with Crippen LogP contribution in [0.2, 0.25) is 0 Å². The highest BCUT2D eigenvalue weighted by atomic mass is 35.5. The Kier molecular flexibility index (Phi) is 8.73. The molecule has 2 aliphatic heterocycles. The Morgan fingerprint density at radius 3 is 2.56 bits per heavy atom. The van der Waals surface area contributed by atoms with Crippen LogP contribution in [0.15, 0.2) is 60.0 Å². The van der Waals surface area contributed by atoms with Crippen LogP contribution >= 0.6 is 24.8 Å². The predicted octanol–water partition coefficient (Wildman–Crippen LogP) is 5.59. The van der Waals surface area contributed by atoms with E-state index >= 15 is 0 Å². The number of hydrogen-bond acceptors (Lipinski definition) is 7. The van der Waals surface area contributed by atoms with Crippen LogP contribution in [0.1, 0.15) is 35.5 Å². The van der Waals surface area contributed by atoms with Crippen molar-refractivity contribution in [1.29, 1.82) is 0 Å². The van der Waals surface area contributed by atoms with Crippen LogP contribution in [0, 0.1) is 12.8 Å². The average Bonchev–Trinajstić information content (AvgIpc) is 3.72. The summed E-state index contributed by atoms with van der Waals surface area (Å²) < 4.78 is 8.55. The van der Waals surface area contributed by atoms with Crippen molar-refractivity contribution in [1.82, 2.24) is 19.4 Å². The van der Waals surface area contributed by atoms with Gasteiger partial charge in [0.15, 0.2) is 0 Å². The SMILES string of the molecule is CON=C(c1ncn2c1COc1c(CCN3CCN(c4cccc5nc(C)ccc45)CC3)cccc1-2)C1CC1.Cl.Cl. The predicted molar refractivity (Wildman–Crippen MR) is 167 cm³/mol. The number of rotatable bonds is 7. The fourth-order valence-electron chi connectivity index (χ4n) is 5.97. The number of piperazine rings is 1. The molecule has 8 nitrogen and oxygen atoms in total. The molecule has 4 aromatic rings. The number of fused-ring (bicyclic) bond motifs is 4. The summed E-state index contributed by atoms with van der Waals surface area (Å²) in [5.41, 5.74) is 8.65. The minimum atomic E-state index is 0. The topological polar surface area (TPSA) is 68.0 Å². The Morgan fingerprint density at radius 2 is 1.78 bits per heavy atom. The van der Waals surface area contributed by atoms with Gasteiger partial charge in [-0.3, -0.25) is 14.5 Å². The lowest BCUT2D eigenvalue weighted by molar-refractivity contribution is 0.212. The normalized spacial score (nSPS) is 16.7. The molecule has 2 fully saturated rings. The minimum absolute atomic E-state index is 0. The van der Waals surface area contributed by atoms with Crippen molar-refractivity contribution >= 4 is 47.1 Å².